The van der Waals surface area contributed by atoms with Crippen molar-refractivity contribution in [3.8, 4) is 0 Å². The average molecular weight is 352 g/mol. The summed E-state index contributed by atoms with van der Waals surface area (Å²) in [7, 11) is 0. The molecule has 1 amide bonds. The van der Waals surface area contributed by atoms with Gasteiger partial charge in [-0.05, 0) is 43.0 Å². The van der Waals surface area contributed by atoms with E-state index in [1.165, 1.54) is 5.56 Å². The van der Waals surface area contributed by atoms with E-state index in [9.17, 15) is 4.79 Å². The number of benzene rings is 1. The molecule has 1 aromatic carbocycles. The second kappa shape index (κ2) is 13.5. The molecule has 0 heterocycles. The molecule has 0 saturated carbocycles. The smallest absolute Gasteiger partial charge is 0.211 e. The number of hydrogen-bond acceptors (Lipinski definition) is 4. The number of rotatable bonds is 12. The van der Waals surface area contributed by atoms with Gasteiger partial charge in [0, 0.05) is 18.3 Å². The molecule has 138 valence electrons. The number of amides is 1. The molecular formula is C21H28N4O. The molecule has 2 N–H and O–H groups in total. The van der Waals surface area contributed by atoms with Gasteiger partial charge >= 0.3 is 0 Å². The van der Waals surface area contributed by atoms with Crippen molar-refractivity contribution < 1.29 is 4.79 Å². The summed E-state index contributed by atoms with van der Waals surface area (Å²) in [6, 6.07) is 10.3. The predicted octanol–water partition coefficient (Wildman–Crippen LogP) is 3.59. The van der Waals surface area contributed by atoms with Crippen molar-refractivity contribution in [2.75, 3.05) is 13.2 Å². The monoisotopic (exact) mass is 352 g/mol. The average Bonchev–Trinajstić information content (AvgIpc) is 2.68. The molecule has 1 rings (SSSR count). The molecule has 5 nitrogen and oxygen atoms in total. The highest BCUT2D eigenvalue weighted by Gasteiger charge is 2.09. The Morgan fingerprint density at radius 1 is 1.23 bits per heavy atom. The maximum absolute atomic E-state index is 10.6. The van der Waals surface area contributed by atoms with Gasteiger partial charge in [0.1, 0.15) is 0 Å². The predicted molar refractivity (Wildman–Crippen MR) is 111 cm³/mol. The standard InChI is InChI=1S/C21H28N4O/c1-4-18(19-9-7-6-8-10-19)15-20(11-14-24-17-26)21(12-13-22-3)25-16-23-5-2/h6-15,17-18,23H,3-5,16H2,1-2H3,(H,24,26)/b13-12-,14-11-,20-15+,25-21?. The molecule has 0 bridgehead atoms. The first-order valence-electron chi connectivity index (χ1n) is 8.77. The number of nitrogens with zero attached hydrogens (tertiary/aromatic N) is 2. The van der Waals surface area contributed by atoms with Crippen LogP contribution < -0.4 is 10.6 Å². The third-order valence-electron chi connectivity index (χ3n) is 3.72. The highest BCUT2D eigenvalue weighted by atomic mass is 16.1. The summed E-state index contributed by atoms with van der Waals surface area (Å²) >= 11 is 0. The van der Waals surface area contributed by atoms with Gasteiger partial charge in [-0.2, -0.15) is 0 Å². The number of carbonyl (C=O) groups excluding carboxylic acids is 1. The highest BCUT2D eigenvalue weighted by molar-refractivity contribution is 6.10. The molecule has 26 heavy (non-hydrogen) atoms. The minimum absolute atomic E-state index is 0.238. The normalized spacial score (nSPS) is 13.9. The van der Waals surface area contributed by atoms with Crippen molar-refractivity contribution >= 4 is 18.8 Å². The van der Waals surface area contributed by atoms with Crippen molar-refractivity contribution in [1.82, 2.24) is 10.6 Å². The van der Waals surface area contributed by atoms with E-state index in [1.807, 2.05) is 37.3 Å². The molecule has 5 heteroatoms. The number of hydrogen-bond donors (Lipinski definition) is 2. The van der Waals surface area contributed by atoms with Gasteiger partial charge in [-0.15, -0.1) is 0 Å². The van der Waals surface area contributed by atoms with Gasteiger partial charge in [0.2, 0.25) is 6.41 Å². The summed E-state index contributed by atoms with van der Waals surface area (Å²) in [5.74, 6) is 0.238. The van der Waals surface area contributed by atoms with Crippen LogP contribution >= 0.6 is 0 Å². The number of nitrogens with one attached hydrogen (secondary N) is 2. The fourth-order valence-corrected chi connectivity index (χ4v) is 2.39. The molecule has 0 fully saturated rings. The third-order valence-corrected chi connectivity index (χ3v) is 3.72. The minimum Gasteiger partial charge on any atom is -0.335 e. The number of carbonyl (C=O) groups is 1. The van der Waals surface area contributed by atoms with Crippen LogP contribution in [0.15, 0.2) is 76.5 Å². The lowest BCUT2D eigenvalue weighted by Gasteiger charge is -2.13. The molecule has 0 aliphatic heterocycles. The number of allylic oxidation sites excluding steroid dienone is 4. The van der Waals surface area contributed by atoms with Crippen molar-refractivity contribution in [2.45, 2.75) is 26.2 Å². The molecular weight excluding hydrogens is 324 g/mol. The van der Waals surface area contributed by atoms with E-state index < -0.39 is 0 Å². The Kier molecular flexibility index (Phi) is 11.0. The Morgan fingerprint density at radius 3 is 2.62 bits per heavy atom. The zero-order chi connectivity index (χ0) is 19.0. The van der Waals surface area contributed by atoms with Gasteiger partial charge in [0.15, 0.2) is 0 Å². The molecule has 1 aromatic rings. The molecule has 0 aliphatic carbocycles. The van der Waals surface area contributed by atoms with Crippen LogP contribution in [0.3, 0.4) is 0 Å². The van der Waals surface area contributed by atoms with Crippen LogP contribution in [0.5, 0.6) is 0 Å². The Labute approximate surface area is 156 Å². The summed E-state index contributed by atoms with van der Waals surface area (Å²) in [6.45, 7) is 9.00. The lowest BCUT2D eigenvalue weighted by Crippen LogP contribution is -2.14. The van der Waals surface area contributed by atoms with Crippen LogP contribution in [-0.4, -0.2) is 32.1 Å². The SMILES string of the molecule is C=N/C=C\C(=NCNCC)C(/C=C\NC=O)=C/C(CC)c1ccccc1. The molecule has 0 saturated heterocycles. The van der Waals surface area contributed by atoms with Crippen LogP contribution in [-0.2, 0) is 4.79 Å². The molecule has 0 spiro atoms. The molecule has 1 unspecified atom stereocenters. The second-order valence-corrected chi connectivity index (χ2v) is 5.47. The lowest BCUT2D eigenvalue weighted by molar-refractivity contribution is -0.108. The first-order chi connectivity index (χ1) is 12.8. The summed E-state index contributed by atoms with van der Waals surface area (Å²) < 4.78 is 0. The van der Waals surface area contributed by atoms with Gasteiger partial charge in [-0.1, -0.05) is 50.3 Å². The van der Waals surface area contributed by atoms with Gasteiger partial charge < -0.3 is 5.32 Å². The maximum atomic E-state index is 10.6. The van der Waals surface area contributed by atoms with Gasteiger partial charge in [0.25, 0.3) is 0 Å². The topological polar surface area (TPSA) is 65.8 Å². The molecule has 0 radical (unpaired) electrons. The first-order valence-corrected chi connectivity index (χ1v) is 8.77. The van der Waals surface area contributed by atoms with E-state index >= 15 is 0 Å². The van der Waals surface area contributed by atoms with Crippen LogP contribution in [0, 0.1) is 0 Å². The van der Waals surface area contributed by atoms with E-state index in [-0.39, 0.29) is 5.92 Å². The lowest BCUT2D eigenvalue weighted by atomic mass is 9.92. The van der Waals surface area contributed by atoms with Crippen molar-refractivity contribution in [2.24, 2.45) is 9.98 Å². The van der Waals surface area contributed by atoms with Crippen molar-refractivity contribution in [3.63, 3.8) is 0 Å². The van der Waals surface area contributed by atoms with Crippen LogP contribution in [0.4, 0.5) is 0 Å². The quantitative estimate of drug-likeness (QED) is 0.261. The van der Waals surface area contributed by atoms with Crippen LogP contribution in [0.1, 0.15) is 31.7 Å². The Balaban J connectivity index is 3.28. The molecule has 0 aromatic heterocycles. The Morgan fingerprint density at radius 2 is 2.00 bits per heavy atom. The molecule has 1 atom stereocenters. The Hall–Kier alpha value is -2.79. The second-order valence-electron chi connectivity index (χ2n) is 5.47. The zero-order valence-corrected chi connectivity index (χ0v) is 15.6. The summed E-state index contributed by atoms with van der Waals surface area (Å²) in [5.41, 5.74) is 2.92. The van der Waals surface area contributed by atoms with Crippen molar-refractivity contribution in [3.05, 3.63) is 72.1 Å². The summed E-state index contributed by atoms with van der Waals surface area (Å²) in [4.78, 5) is 19.0. The van der Waals surface area contributed by atoms with Gasteiger partial charge in [-0.3, -0.25) is 20.1 Å². The Bertz CT molecular complexity index is 660. The highest BCUT2D eigenvalue weighted by Crippen LogP contribution is 2.23. The van der Waals surface area contributed by atoms with Gasteiger partial charge in [0.05, 0.1) is 12.4 Å². The first kappa shape index (κ1) is 21.3. The largest absolute Gasteiger partial charge is 0.335 e. The maximum Gasteiger partial charge on any atom is 0.211 e. The van der Waals surface area contributed by atoms with E-state index in [4.69, 9.17) is 0 Å². The summed E-state index contributed by atoms with van der Waals surface area (Å²) in [5, 5.41) is 5.74. The van der Waals surface area contributed by atoms with E-state index in [2.05, 4.69) is 52.5 Å². The summed E-state index contributed by atoms with van der Waals surface area (Å²) in [6.07, 6.45) is 10.6. The molecule has 0 aliphatic rings. The van der Waals surface area contributed by atoms with Crippen molar-refractivity contribution in [1.29, 1.82) is 0 Å². The fourth-order valence-electron chi connectivity index (χ4n) is 2.39. The van der Waals surface area contributed by atoms with Gasteiger partial charge in [-0.25, -0.2) is 0 Å². The third kappa shape index (κ3) is 7.85. The van der Waals surface area contributed by atoms with Crippen LogP contribution in [0.2, 0.25) is 0 Å². The van der Waals surface area contributed by atoms with Crippen LogP contribution in [0.25, 0.3) is 0 Å². The van der Waals surface area contributed by atoms with E-state index in [1.54, 1.807) is 12.4 Å². The fraction of sp³-hybridized carbons (Fsp3) is 0.286. The number of aliphatic imine (C=N–C) groups is 2. The van der Waals surface area contributed by atoms with E-state index in [0.29, 0.717) is 13.1 Å². The minimum atomic E-state index is 0.238. The zero-order valence-electron chi connectivity index (χ0n) is 15.6. The van der Waals surface area contributed by atoms with E-state index in [0.717, 1.165) is 24.3 Å².